The fourth-order valence-corrected chi connectivity index (χ4v) is 9.07. The monoisotopic (exact) mass is 824 g/mol. The summed E-state index contributed by atoms with van der Waals surface area (Å²) >= 11 is 0. The van der Waals surface area contributed by atoms with E-state index < -0.39 is 24.3 Å². The second-order valence-electron chi connectivity index (χ2n) is 16.2. The van der Waals surface area contributed by atoms with Crippen molar-refractivity contribution in [3.05, 3.63) is 102 Å². The van der Waals surface area contributed by atoms with Gasteiger partial charge in [-0.15, -0.1) is 0 Å². The Balaban J connectivity index is 0.954. The molecule has 0 saturated carbocycles. The number of carbonyl (C=O) groups excluding carboxylic acids is 4. The highest BCUT2D eigenvalue weighted by molar-refractivity contribution is 6.07. The van der Waals surface area contributed by atoms with E-state index in [1.54, 1.807) is 11.1 Å². The van der Waals surface area contributed by atoms with Crippen LogP contribution in [0.15, 0.2) is 79.0 Å². The molecule has 15 nitrogen and oxygen atoms in total. The van der Waals surface area contributed by atoms with Gasteiger partial charge in [-0.05, 0) is 83.5 Å². The molecular formula is C46H48N8O7. The molecule has 0 aliphatic carbocycles. The number of aromatic nitrogens is 4. The molecule has 2 saturated heterocycles. The molecule has 6 aromatic rings. The number of nitrogens with zero attached hydrogens (tertiary/aromatic N) is 4. The number of amides is 4. The van der Waals surface area contributed by atoms with Crippen LogP contribution in [0.4, 0.5) is 9.59 Å². The van der Waals surface area contributed by atoms with Gasteiger partial charge < -0.3 is 44.6 Å². The number of rotatable bonds is 9. The number of carbonyl (C=O) groups is 4. The lowest BCUT2D eigenvalue weighted by Crippen LogP contribution is -2.51. The summed E-state index contributed by atoms with van der Waals surface area (Å²) < 4.78 is 16.1. The number of ether oxygens (including phenoxy) is 3. The van der Waals surface area contributed by atoms with Crippen molar-refractivity contribution in [2.75, 3.05) is 27.3 Å². The predicted octanol–water partition coefficient (Wildman–Crippen LogP) is 7.47. The fourth-order valence-electron chi connectivity index (χ4n) is 9.07. The van der Waals surface area contributed by atoms with Gasteiger partial charge in [-0.25, -0.2) is 19.6 Å². The summed E-state index contributed by atoms with van der Waals surface area (Å²) in [5.41, 5.74) is 7.22. The minimum atomic E-state index is -0.894. The molecule has 4 N–H and O–H groups in total. The molecule has 4 aromatic carbocycles. The van der Waals surface area contributed by atoms with Crippen LogP contribution in [0.5, 0.6) is 5.75 Å². The average Bonchev–Trinajstić information content (AvgIpc) is 4.13. The summed E-state index contributed by atoms with van der Waals surface area (Å²) in [4.78, 5) is 72.5. The molecule has 15 heteroatoms. The van der Waals surface area contributed by atoms with Crippen molar-refractivity contribution in [3.8, 4) is 28.1 Å². The highest BCUT2D eigenvalue weighted by atomic mass is 16.5. The third kappa shape index (κ3) is 7.38. The van der Waals surface area contributed by atoms with Gasteiger partial charge in [-0.2, -0.15) is 0 Å². The first-order valence-corrected chi connectivity index (χ1v) is 20.7. The quantitative estimate of drug-likeness (QED) is 0.115. The summed E-state index contributed by atoms with van der Waals surface area (Å²) in [6.45, 7) is 5.29. The number of hydrogen-bond acceptors (Lipinski definition) is 9. The van der Waals surface area contributed by atoms with Gasteiger partial charge in [0, 0.05) is 24.0 Å². The van der Waals surface area contributed by atoms with Gasteiger partial charge in [-0.3, -0.25) is 9.59 Å². The van der Waals surface area contributed by atoms with E-state index in [2.05, 4.69) is 57.0 Å². The molecule has 5 heterocycles. The number of benzene rings is 4. The lowest BCUT2D eigenvalue weighted by molar-refractivity contribution is -0.135. The average molecular weight is 825 g/mol. The zero-order valence-electron chi connectivity index (χ0n) is 34.5. The zero-order valence-corrected chi connectivity index (χ0v) is 34.5. The van der Waals surface area contributed by atoms with Crippen LogP contribution < -0.4 is 15.4 Å². The number of likely N-dealkylation sites (tertiary alicyclic amines) is 2. The van der Waals surface area contributed by atoms with Crippen LogP contribution in [0.1, 0.15) is 80.4 Å². The number of aromatic amines is 2. The topological polar surface area (TPSA) is 184 Å². The number of fused-ring (bicyclic) bond motifs is 6. The molecule has 0 radical (unpaired) electrons. The number of nitrogens with one attached hydrogen (secondary N) is 4. The van der Waals surface area contributed by atoms with Gasteiger partial charge in [0.2, 0.25) is 5.91 Å². The first-order valence-electron chi connectivity index (χ1n) is 20.7. The molecule has 3 aliphatic heterocycles. The number of alkyl carbamates (subject to hydrolysis) is 2. The van der Waals surface area contributed by atoms with E-state index in [9.17, 15) is 19.2 Å². The molecule has 2 aromatic heterocycles. The van der Waals surface area contributed by atoms with E-state index >= 15 is 0 Å². The Kier molecular flexibility index (Phi) is 10.6. The molecule has 0 spiro atoms. The molecule has 4 atom stereocenters. The van der Waals surface area contributed by atoms with Crippen molar-refractivity contribution in [1.82, 2.24) is 40.4 Å². The Bertz CT molecular complexity index is 2660. The molecule has 9 rings (SSSR count). The van der Waals surface area contributed by atoms with Crippen molar-refractivity contribution in [2.45, 2.75) is 70.3 Å². The van der Waals surface area contributed by atoms with Crippen LogP contribution in [0.25, 0.3) is 44.2 Å². The van der Waals surface area contributed by atoms with Gasteiger partial charge in [0.15, 0.2) is 0 Å². The minimum absolute atomic E-state index is 0.126. The minimum Gasteiger partial charge on any atom is -0.488 e. The summed E-state index contributed by atoms with van der Waals surface area (Å²) in [6.07, 6.45) is 3.62. The van der Waals surface area contributed by atoms with Gasteiger partial charge >= 0.3 is 12.2 Å². The molecule has 0 bridgehead atoms. The van der Waals surface area contributed by atoms with E-state index in [0.29, 0.717) is 36.9 Å². The molecule has 2 fully saturated rings. The lowest BCUT2D eigenvalue weighted by Gasteiger charge is -2.29. The maximum absolute atomic E-state index is 14.0. The Hall–Kier alpha value is -6.90. The van der Waals surface area contributed by atoms with E-state index in [0.717, 1.165) is 81.2 Å². The van der Waals surface area contributed by atoms with E-state index in [4.69, 9.17) is 24.2 Å². The van der Waals surface area contributed by atoms with E-state index in [1.165, 1.54) is 14.2 Å². The van der Waals surface area contributed by atoms with Crippen molar-refractivity contribution >= 4 is 45.8 Å². The predicted molar refractivity (Wildman–Crippen MR) is 227 cm³/mol. The van der Waals surface area contributed by atoms with Gasteiger partial charge in [0.05, 0.1) is 49.2 Å². The molecule has 1 unspecified atom stereocenters. The zero-order chi connectivity index (χ0) is 42.4. The van der Waals surface area contributed by atoms with Crippen molar-refractivity contribution in [1.29, 1.82) is 0 Å². The molecule has 314 valence electrons. The standard InChI is InChI=1S/C46H48N8O7/c1-25(2)38(51-45(57)59-3)43(55)54-19-9-13-36(54)42-48-33-17-15-27-21-32-30-16-14-28(20-29(30)24-61-37(32)22-31(27)40(33)50-42)34-23-47-41(49-34)35-12-8-18-53(35)44(56)39(52-46(58)60-4)26-10-6-5-7-11-26/h5-7,10-11,14-17,20-23,25,35-36,38-39H,8-9,12-13,18-19,24H2,1-4H3,(H,47,49)(H,48,50)(H,51,57)(H,52,58)/t35-,36-,38?,39+/m0/s1. The third-order valence-corrected chi connectivity index (χ3v) is 12.2. The van der Waals surface area contributed by atoms with Crippen LogP contribution in [0.3, 0.4) is 0 Å². The molecular weight excluding hydrogens is 777 g/mol. The summed E-state index contributed by atoms with van der Waals surface area (Å²) in [5.74, 6) is 1.67. The highest BCUT2D eigenvalue weighted by Crippen LogP contribution is 2.43. The number of hydrogen-bond donors (Lipinski definition) is 4. The molecule has 4 amide bonds. The van der Waals surface area contributed by atoms with Crippen LogP contribution in [-0.2, 0) is 25.7 Å². The van der Waals surface area contributed by atoms with Crippen LogP contribution in [0, 0.1) is 5.92 Å². The Labute approximate surface area is 352 Å². The van der Waals surface area contributed by atoms with Gasteiger partial charge in [0.1, 0.15) is 36.1 Å². The Morgan fingerprint density at radius 1 is 0.803 bits per heavy atom. The highest BCUT2D eigenvalue weighted by Gasteiger charge is 2.39. The summed E-state index contributed by atoms with van der Waals surface area (Å²) in [6, 6.07) is 21.6. The van der Waals surface area contributed by atoms with Crippen molar-refractivity contribution in [3.63, 3.8) is 0 Å². The first-order chi connectivity index (χ1) is 29.6. The second-order valence-corrected chi connectivity index (χ2v) is 16.2. The van der Waals surface area contributed by atoms with Crippen molar-refractivity contribution in [2.24, 2.45) is 5.92 Å². The number of imidazole rings is 2. The largest absolute Gasteiger partial charge is 0.488 e. The van der Waals surface area contributed by atoms with Crippen LogP contribution in [-0.4, -0.2) is 87.1 Å². The first kappa shape index (κ1) is 39.6. The second kappa shape index (κ2) is 16.3. The van der Waals surface area contributed by atoms with Crippen LogP contribution >= 0.6 is 0 Å². The molecule has 61 heavy (non-hydrogen) atoms. The third-order valence-electron chi connectivity index (χ3n) is 12.2. The number of methoxy groups -OCH3 is 2. The Morgan fingerprint density at radius 3 is 2.26 bits per heavy atom. The fraction of sp³-hybridized carbons (Fsp3) is 0.348. The van der Waals surface area contributed by atoms with Crippen molar-refractivity contribution < 1.29 is 33.4 Å². The van der Waals surface area contributed by atoms with Gasteiger partial charge in [-0.1, -0.05) is 62.4 Å². The SMILES string of the molecule is COC(=O)NC(C(=O)N1CCC[C@H]1c1nc2c(ccc3cc4c(cc32)OCc2cc(-c3cnc([C@@H]5CCCN5C(=O)[C@H](NC(=O)OC)c5ccccc5)[nH]3)ccc2-4)[nH]1)C(C)C. The summed E-state index contributed by atoms with van der Waals surface area (Å²) in [5, 5.41) is 7.39. The number of H-pyrrole nitrogens is 2. The lowest BCUT2D eigenvalue weighted by atomic mass is 9.92. The van der Waals surface area contributed by atoms with Crippen LogP contribution in [0.2, 0.25) is 0 Å². The Morgan fingerprint density at radius 2 is 1.52 bits per heavy atom. The van der Waals surface area contributed by atoms with E-state index in [-0.39, 0.29) is 29.8 Å². The molecule has 3 aliphatic rings. The van der Waals surface area contributed by atoms with E-state index in [1.807, 2.05) is 55.1 Å². The van der Waals surface area contributed by atoms with Gasteiger partial charge in [0.25, 0.3) is 5.91 Å². The maximum Gasteiger partial charge on any atom is 0.407 e. The summed E-state index contributed by atoms with van der Waals surface area (Å²) in [7, 11) is 2.57. The normalized spacial score (nSPS) is 18.0. The maximum atomic E-state index is 14.0. The smallest absolute Gasteiger partial charge is 0.407 e.